The predicted octanol–water partition coefficient (Wildman–Crippen LogP) is 3.94. The molecule has 0 N–H and O–H groups in total. The molecule has 15 heavy (non-hydrogen) atoms. The molecule has 1 heteroatoms. The first-order valence-corrected chi connectivity index (χ1v) is 6.12. The fourth-order valence-corrected chi connectivity index (χ4v) is 2.80. The fraction of sp³-hybridized carbons (Fsp3) is 0.643. The second-order valence-corrected chi connectivity index (χ2v) is 5.30. The summed E-state index contributed by atoms with van der Waals surface area (Å²) < 4.78 is 0. The van der Waals surface area contributed by atoms with Gasteiger partial charge >= 0.3 is 0 Å². The van der Waals surface area contributed by atoms with Gasteiger partial charge in [0.05, 0.1) is 0 Å². The van der Waals surface area contributed by atoms with Gasteiger partial charge in [0.2, 0.25) is 0 Å². The van der Waals surface area contributed by atoms with Crippen molar-refractivity contribution in [2.75, 3.05) is 0 Å². The number of hydrogen-bond acceptors (Lipinski definition) is 1. The highest BCUT2D eigenvalue weighted by Gasteiger charge is 2.31. The van der Waals surface area contributed by atoms with Crippen molar-refractivity contribution in [1.82, 2.24) is 4.98 Å². The molecule has 82 valence electrons. The van der Waals surface area contributed by atoms with Crippen LogP contribution in [0, 0.1) is 5.92 Å². The Labute approximate surface area is 92.9 Å². The molecule has 0 radical (unpaired) electrons. The zero-order chi connectivity index (χ0) is 10.7. The van der Waals surface area contributed by atoms with Crippen LogP contribution < -0.4 is 0 Å². The van der Waals surface area contributed by atoms with E-state index in [1.54, 1.807) is 0 Å². The van der Waals surface area contributed by atoms with Crippen molar-refractivity contribution >= 4 is 0 Å². The lowest BCUT2D eigenvalue weighted by atomic mass is 9.68. The lowest BCUT2D eigenvalue weighted by Gasteiger charge is -2.37. The molecular formula is C14H21N. The molecule has 0 amide bonds. The molecule has 1 aromatic heterocycles. The third-order valence-electron chi connectivity index (χ3n) is 4.03. The Balaban J connectivity index is 2.18. The van der Waals surface area contributed by atoms with Crippen LogP contribution >= 0.6 is 0 Å². The number of pyridine rings is 1. The molecule has 1 aromatic rings. The highest BCUT2D eigenvalue weighted by Crippen LogP contribution is 2.40. The molecule has 1 aliphatic carbocycles. The maximum absolute atomic E-state index is 4.25. The molecule has 0 aromatic carbocycles. The average molecular weight is 203 g/mol. The highest BCUT2D eigenvalue weighted by atomic mass is 14.6. The topological polar surface area (TPSA) is 12.9 Å². The zero-order valence-electron chi connectivity index (χ0n) is 9.87. The summed E-state index contributed by atoms with van der Waals surface area (Å²) in [6.07, 6.45) is 10.9. The molecule has 1 fully saturated rings. The molecule has 1 nitrogen and oxygen atoms in total. The summed E-state index contributed by atoms with van der Waals surface area (Å²) in [6.45, 7) is 4.75. The van der Waals surface area contributed by atoms with Gasteiger partial charge in [-0.25, -0.2) is 0 Å². The molecular weight excluding hydrogens is 182 g/mol. The summed E-state index contributed by atoms with van der Waals surface area (Å²) in [6, 6.07) is 4.28. The molecule has 1 saturated carbocycles. The van der Waals surface area contributed by atoms with Gasteiger partial charge in [0, 0.05) is 12.4 Å². The number of nitrogens with zero attached hydrogens (tertiary/aromatic N) is 1. The Morgan fingerprint density at radius 2 is 1.93 bits per heavy atom. The highest BCUT2D eigenvalue weighted by molar-refractivity contribution is 5.20. The Hall–Kier alpha value is -0.850. The molecule has 0 bridgehead atoms. The van der Waals surface area contributed by atoms with Crippen molar-refractivity contribution in [2.24, 2.45) is 5.92 Å². The molecule has 2 rings (SSSR count). The summed E-state index contributed by atoms with van der Waals surface area (Å²) >= 11 is 0. The van der Waals surface area contributed by atoms with Crippen molar-refractivity contribution in [3.05, 3.63) is 30.1 Å². The van der Waals surface area contributed by atoms with Gasteiger partial charge in [0.25, 0.3) is 0 Å². The van der Waals surface area contributed by atoms with E-state index in [0.29, 0.717) is 5.41 Å². The van der Waals surface area contributed by atoms with E-state index in [9.17, 15) is 0 Å². The first-order valence-electron chi connectivity index (χ1n) is 6.12. The van der Waals surface area contributed by atoms with E-state index in [2.05, 4.69) is 31.0 Å². The molecule has 0 atom stereocenters. The van der Waals surface area contributed by atoms with Gasteiger partial charge in [-0.15, -0.1) is 0 Å². The van der Waals surface area contributed by atoms with Crippen LogP contribution in [0.4, 0.5) is 0 Å². The predicted molar refractivity (Wildman–Crippen MR) is 63.8 cm³/mol. The standard InChI is InChI=1S/C14H21N/c1-14(2,12-7-4-3-5-8-12)13-9-6-10-15-11-13/h6,9-12H,3-5,7-8H2,1-2H3. The average Bonchev–Trinajstić information content (AvgIpc) is 2.31. The van der Waals surface area contributed by atoms with Crippen molar-refractivity contribution in [3.63, 3.8) is 0 Å². The van der Waals surface area contributed by atoms with Crippen molar-refractivity contribution < 1.29 is 0 Å². The van der Waals surface area contributed by atoms with E-state index in [1.165, 1.54) is 37.7 Å². The lowest BCUT2D eigenvalue weighted by Crippen LogP contribution is -2.30. The van der Waals surface area contributed by atoms with Crippen LogP contribution in [0.5, 0.6) is 0 Å². The summed E-state index contributed by atoms with van der Waals surface area (Å²) in [5.41, 5.74) is 1.70. The summed E-state index contributed by atoms with van der Waals surface area (Å²) in [4.78, 5) is 4.25. The monoisotopic (exact) mass is 203 g/mol. The maximum atomic E-state index is 4.25. The van der Waals surface area contributed by atoms with Crippen LogP contribution in [0.25, 0.3) is 0 Å². The van der Waals surface area contributed by atoms with Crippen LogP contribution in [0.3, 0.4) is 0 Å². The third-order valence-corrected chi connectivity index (χ3v) is 4.03. The zero-order valence-corrected chi connectivity index (χ0v) is 9.87. The Morgan fingerprint density at radius 3 is 2.53 bits per heavy atom. The molecule has 1 heterocycles. The van der Waals surface area contributed by atoms with Crippen LogP contribution in [-0.4, -0.2) is 4.98 Å². The maximum Gasteiger partial charge on any atom is 0.0305 e. The van der Waals surface area contributed by atoms with Crippen LogP contribution in [0.15, 0.2) is 24.5 Å². The normalized spacial score (nSPS) is 19.1. The van der Waals surface area contributed by atoms with Gasteiger partial charge in [-0.2, -0.15) is 0 Å². The second kappa shape index (κ2) is 4.34. The SMILES string of the molecule is CC(C)(c1cccnc1)C1CCCCC1. The fourth-order valence-electron chi connectivity index (χ4n) is 2.80. The molecule has 0 aliphatic heterocycles. The van der Waals surface area contributed by atoms with E-state index >= 15 is 0 Å². The first kappa shape index (κ1) is 10.7. The van der Waals surface area contributed by atoms with Gasteiger partial charge in [0.1, 0.15) is 0 Å². The van der Waals surface area contributed by atoms with Crippen LogP contribution in [-0.2, 0) is 5.41 Å². The quantitative estimate of drug-likeness (QED) is 0.709. The minimum absolute atomic E-state index is 0.300. The van der Waals surface area contributed by atoms with Gasteiger partial charge in [-0.3, -0.25) is 4.98 Å². The number of rotatable bonds is 2. The molecule has 0 unspecified atom stereocenters. The van der Waals surface area contributed by atoms with Gasteiger partial charge in [0.15, 0.2) is 0 Å². The third kappa shape index (κ3) is 2.22. The smallest absolute Gasteiger partial charge is 0.0305 e. The van der Waals surface area contributed by atoms with Gasteiger partial charge in [-0.05, 0) is 35.8 Å². The Kier molecular flexibility index (Phi) is 3.08. The van der Waals surface area contributed by atoms with E-state index < -0.39 is 0 Å². The van der Waals surface area contributed by atoms with Crippen molar-refractivity contribution in [3.8, 4) is 0 Å². The minimum Gasteiger partial charge on any atom is -0.264 e. The second-order valence-electron chi connectivity index (χ2n) is 5.30. The lowest BCUT2D eigenvalue weighted by molar-refractivity contribution is 0.235. The van der Waals surface area contributed by atoms with E-state index in [1.807, 2.05) is 12.4 Å². The first-order chi connectivity index (χ1) is 7.21. The van der Waals surface area contributed by atoms with E-state index in [-0.39, 0.29) is 0 Å². The van der Waals surface area contributed by atoms with Crippen LogP contribution in [0.1, 0.15) is 51.5 Å². The molecule has 1 aliphatic rings. The Morgan fingerprint density at radius 1 is 1.20 bits per heavy atom. The summed E-state index contributed by atoms with van der Waals surface area (Å²) in [5, 5.41) is 0. The molecule has 0 spiro atoms. The largest absolute Gasteiger partial charge is 0.264 e. The summed E-state index contributed by atoms with van der Waals surface area (Å²) in [7, 11) is 0. The molecule has 0 saturated heterocycles. The van der Waals surface area contributed by atoms with Gasteiger partial charge in [-0.1, -0.05) is 39.2 Å². The van der Waals surface area contributed by atoms with Crippen molar-refractivity contribution in [1.29, 1.82) is 0 Å². The number of hydrogen-bond donors (Lipinski definition) is 0. The van der Waals surface area contributed by atoms with Crippen molar-refractivity contribution in [2.45, 2.75) is 51.4 Å². The minimum atomic E-state index is 0.300. The van der Waals surface area contributed by atoms with Crippen LogP contribution in [0.2, 0.25) is 0 Å². The number of aromatic nitrogens is 1. The van der Waals surface area contributed by atoms with Gasteiger partial charge < -0.3 is 0 Å². The van der Waals surface area contributed by atoms with E-state index in [0.717, 1.165) is 5.92 Å². The Bertz CT molecular complexity index is 296. The van der Waals surface area contributed by atoms with E-state index in [4.69, 9.17) is 0 Å². The summed E-state index contributed by atoms with van der Waals surface area (Å²) in [5.74, 6) is 0.843.